The molecule has 0 aliphatic heterocycles. The van der Waals surface area contributed by atoms with Gasteiger partial charge in [-0.15, -0.1) is 0 Å². The van der Waals surface area contributed by atoms with Gasteiger partial charge in [0.15, 0.2) is 11.5 Å². The number of nitrogens with one attached hydrogen (secondary N) is 2. The third-order valence-corrected chi connectivity index (χ3v) is 5.23. The second-order valence-corrected chi connectivity index (χ2v) is 7.79. The van der Waals surface area contributed by atoms with Gasteiger partial charge < -0.3 is 14.8 Å². The summed E-state index contributed by atoms with van der Waals surface area (Å²) < 4.78 is 36.2. The molecule has 0 unspecified atom stereocenters. The zero-order valence-electron chi connectivity index (χ0n) is 15.6. The van der Waals surface area contributed by atoms with Crippen LogP contribution in [-0.4, -0.2) is 40.8 Å². The highest BCUT2D eigenvalue weighted by atomic mass is 32.2. The number of carbonyl (C=O) groups excluding carboxylic acids is 1. The Balaban J connectivity index is 1.96. The molecule has 0 heterocycles. The maximum absolute atomic E-state index is 12.3. The number of methoxy groups -OCH3 is 2. The fourth-order valence-electron chi connectivity index (χ4n) is 2.43. The molecule has 27 heavy (non-hydrogen) atoms. The molecule has 2 aromatic carbocycles. The van der Waals surface area contributed by atoms with E-state index in [0.29, 0.717) is 35.7 Å². The van der Waals surface area contributed by atoms with Crippen LogP contribution in [0.25, 0.3) is 0 Å². The van der Waals surface area contributed by atoms with E-state index in [1.165, 1.54) is 6.07 Å². The summed E-state index contributed by atoms with van der Waals surface area (Å²) in [6, 6.07) is 12.0. The minimum absolute atomic E-state index is 0.0330. The van der Waals surface area contributed by atoms with Crippen molar-refractivity contribution in [3.05, 3.63) is 53.6 Å². The van der Waals surface area contributed by atoms with Crippen molar-refractivity contribution in [2.75, 3.05) is 31.2 Å². The molecule has 0 spiro atoms. The second kappa shape index (κ2) is 9.27. The molecule has 2 rings (SSSR count). The van der Waals surface area contributed by atoms with Crippen LogP contribution in [0.3, 0.4) is 0 Å². The van der Waals surface area contributed by atoms with Crippen LogP contribution in [0.2, 0.25) is 0 Å². The summed E-state index contributed by atoms with van der Waals surface area (Å²) in [6.45, 7) is 1.98. The summed E-state index contributed by atoms with van der Waals surface area (Å²) in [6.07, 6.45) is 0.619. The first-order chi connectivity index (χ1) is 12.9. The van der Waals surface area contributed by atoms with E-state index in [2.05, 4.69) is 10.0 Å². The minimum Gasteiger partial charge on any atom is -0.493 e. The average molecular weight is 392 g/mol. The van der Waals surface area contributed by atoms with Gasteiger partial charge in [-0.25, -0.2) is 8.42 Å². The van der Waals surface area contributed by atoms with Crippen molar-refractivity contribution < 1.29 is 22.7 Å². The lowest BCUT2D eigenvalue weighted by Crippen LogP contribution is -2.26. The average Bonchev–Trinajstić information content (AvgIpc) is 2.67. The molecule has 8 heteroatoms. The Morgan fingerprint density at radius 2 is 1.78 bits per heavy atom. The first kappa shape index (κ1) is 20.6. The van der Waals surface area contributed by atoms with Crippen molar-refractivity contribution in [2.45, 2.75) is 13.3 Å². The molecule has 2 aromatic rings. The van der Waals surface area contributed by atoms with Gasteiger partial charge in [0.2, 0.25) is 10.0 Å². The van der Waals surface area contributed by atoms with E-state index in [1.807, 2.05) is 18.2 Å². The summed E-state index contributed by atoms with van der Waals surface area (Å²) in [5.74, 6) is 0.983. The zero-order valence-corrected chi connectivity index (χ0v) is 16.4. The van der Waals surface area contributed by atoms with Crippen molar-refractivity contribution in [1.82, 2.24) is 5.32 Å². The molecular weight excluding hydrogens is 368 g/mol. The molecule has 0 saturated heterocycles. The van der Waals surface area contributed by atoms with E-state index in [-0.39, 0.29) is 11.7 Å². The maximum Gasteiger partial charge on any atom is 0.251 e. The Hall–Kier alpha value is -2.74. The molecule has 7 nitrogen and oxygen atoms in total. The number of hydrogen-bond donors (Lipinski definition) is 2. The number of ether oxygens (including phenoxy) is 2. The number of carbonyl (C=O) groups is 1. The molecule has 0 aliphatic rings. The van der Waals surface area contributed by atoms with E-state index in [4.69, 9.17) is 9.47 Å². The predicted molar refractivity (Wildman–Crippen MR) is 105 cm³/mol. The lowest BCUT2D eigenvalue weighted by Gasteiger charge is -2.11. The summed E-state index contributed by atoms with van der Waals surface area (Å²) in [7, 11) is -0.236. The third kappa shape index (κ3) is 5.89. The minimum atomic E-state index is -3.38. The van der Waals surface area contributed by atoms with Crippen LogP contribution in [0.5, 0.6) is 11.5 Å². The Labute approximate surface area is 159 Å². The molecular formula is C19H24N2O5S. The highest BCUT2D eigenvalue weighted by Gasteiger charge is 2.10. The lowest BCUT2D eigenvalue weighted by atomic mass is 10.1. The molecule has 0 bridgehead atoms. The molecule has 2 N–H and O–H groups in total. The maximum atomic E-state index is 12.3. The molecule has 0 fully saturated rings. The Bertz CT molecular complexity index is 897. The monoisotopic (exact) mass is 392 g/mol. The van der Waals surface area contributed by atoms with Gasteiger partial charge in [-0.2, -0.15) is 0 Å². The summed E-state index contributed by atoms with van der Waals surface area (Å²) in [5, 5.41) is 2.83. The third-order valence-electron chi connectivity index (χ3n) is 3.93. The first-order valence-corrected chi connectivity index (χ1v) is 10.1. The molecule has 0 saturated carbocycles. The molecule has 146 valence electrons. The van der Waals surface area contributed by atoms with Gasteiger partial charge in [0.05, 0.1) is 20.0 Å². The van der Waals surface area contributed by atoms with Gasteiger partial charge in [0.25, 0.3) is 5.91 Å². The Morgan fingerprint density at radius 3 is 2.44 bits per heavy atom. The van der Waals surface area contributed by atoms with Crippen LogP contribution in [0.15, 0.2) is 42.5 Å². The van der Waals surface area contributed by atoms with E-state index in [1.54, 1.807) is 39.3 Å². The molecule has 0 atom stereocenters. The normalized spacial score (nSPS) is 10.9. The number of amides is 1. The van der Waals surface area contributed by atoms with Gasteiger partial charge in [-0.3, -0.25) is 9.52 Å². The van der Waals surface area contributed by atoms with Crippen molar-refractivity contribution in [3.63, 3.8) is 0 Å². The molecule has 0 aliphatic carbocycles. The number of hydrogen-bond acceptors (Lipinski definition) is 5. The van der Waals surface area contributed by atoms with Gasteiger partial charge >= 0.3 is 0 Å². The zero-order chi connectivity index (χ0) is 19.9. The van der Waals surface area contributed by atoms with E-state index < -0.39 is 10.0 Å². The van der Waals surface area contributed by atoms with Crippen LogP contribution in [0.1, 0.15) is 22.8 Å². The fourth-order valence-corrected chi connectivity index (χ4v) is 3.06. The van der Waals surface area contributed by atoms with Crippen LogP contribution < -0.4 is 19.5 Å². The van der Waals surface area contributed by atoms with E-state index in [9.17, 15) is 13.2 Å². The van der Waals surface area contributed by atoms with E-state index in [0.717, 1.165) is 5.56 Å². The molecule has 0 radical (unpaired) electrons. The van der Waals surface area contributed by atoms with Crippen LogP contribution in [-0.2, 0) is 16.4 Å². The van der Waals surface area contributed by atoms with Crippen molar-refractivity contribution in [1.29, 1.82) is 0 Å². The van der Waals surface area contributed by atoms with Crippen molar-refractivity contribution in [2.24, 2.45) is 0 Å². The summed E-state index contributed by atoms with van der Waals surface area (Å²) in [4.78, 5) is 12.3. The predicted octanol–water partition coefficient (Wildman–Crippen LogP) is 2.44. The van der Waals surface area contributed by atoms with Gasteiger partial charge in [0, 0.05) is 17.8 Å². The standard InChI is InChI=1S/C19H24N2O5S/c1-4-27(23,24)21-16-7-5-6-15(13-16)19(22)20-11-10-14-8-9-17(25-2)18(12-14)26-3/h5-9,12-13,21H,4,10-11H2,1-3H3,(H,20,22). The summed E-state index contributed by atoms with van der Waals surface area (Å²) >= 11 is 0. The van der Waals surface area contributed by atoms with Crippen LogP contribution in [0.4, 0.5) is 5.69 Å². The van der Waals surface area contributed by atoms with Crippen LogP contribution >= 0.6 is 0 Å². The van der Waals surface area contributed by atoms with E-state index >= 15 is 0 Å². The van der Waals surface area contributed by atoms with Gasteiger partial charge in [-0.1, -0.05) is 12.1 Å². The Morgan fingerprint density at radius 1 is 1.04 bits per heavy atom. The Kier molecular flexibility index (Phi) is 7.06. The number of benzene rings is 2. The van der Waals surface area contributed by atoms with Crippen LogP contribution in [0, 0.1) is 0 Å². The lowest BCUT2D eigenvalue weighted by molar-refractivity contribution is 0.0954. The van der Waals surface area contributed by atoms with Gasteiger partial charge in [0.1, 0.15) is 0 Å². The molecule has 0 aromatic heterocycles. The van der Waals surface area contributed by atoms with Crippen molar-refractivity contribution in [3.8, 4) is 11.5 Å². The largest absolute Gasteiger partial charge is 0.493 e. The highest BCUT2D eigenvalue weighted by Crippen LogP contribution is 2.27. The fraction of sp³-hybridized carbons (Fsp3) is 0.316. The summed E-state index contributed by atoms with van der Waals surface area (Å²) in [5.41, 5.74) is 1.75. The quantitative estimate of drug-likeness (QED) is 0.684. The topological polar surface area (TPSA) is 93.7 Å². The molecule has 1 amide bonds. The SMILES string of the molecule is CCS(=O)(=O)Nc1cccc(C(=O)NCCc2ccc(OC)c(OC)c2)c1. The number of sulfonamides is 1. The highest BCUT2D eigenvalue weighted by molar-refractivity contribution is 7.92. The smallest absolute Gasteiger partial charge is 0.251 e. The first-order valence-electron chi connectivity index (χ1n) is 8.48. The van der Waals surface area contributed by atoms with Gasteiger partial charge in [-0.05, 0) is 49.2 Å². The number of anilines is 1. The number of rotatable bonds is 9. The van der Waals surface area contributed by atoms with Crippen molar-refractivity contribution >= 4 is 21.6 Å². The second-order valence-electron chi connectivity index (χ2n) is 5.78.